The lowest BCUT2D eigenvalue weighted by Crippen LogP contribution is -2.35. The van der Waals surface area contributed by atoms with Crippen LogP contribution in [0, 0.1) is 10.1 Å². The lowest BCUT2D eigenvalue weighted by Gasteiger charge is -2.21. The summed E-state index contributed by atoms with van der Waals surface area (Å²) in [6, 6.07) is 16.1. The number of nitrogens with zero attached hydrogens (tertiary/aromatic N) is 3. The van der Waals surface area contributed by atoms with E-state index >= 15 is 0 Å². The second kappa shape index (κ2) is 9.09. The number of amides is 1. The van der Waals surface area contributed by atoms with Crippen LogP contribution in [0.3, 0.4) is 0 Å². The van der Waals surface area contributed by atoms with Crippen molar-refractivity contribution in [3.05, 3.63) is 81.9 Å². The largest absolute Gasteiger partial charge is 0.337 e. The van der Waals surface area contributed by atoms with Gasteiger partial charge in [0.15, 0.2) is 0 Å². The van der Waals surface area contributed by atoms with Gasteiger partial charge in [0.25, 0.3) is 11.6 Å². The highest BCUT2D eigenvalue weighted by molar-refractivity contribution is 5.94. The Kier molecular flexibility index (Phi) is 6.33. The highest BCUT2D eigenvalue weighted by atomic mass is 16.6. The molecule has 0 aromatic heterocycles. The Morgan fingerprint density at radius 1 is 1.04 bits per heavy atom. The number of non-ortho nitro benzene ring substituents is 1. The van der Waals surface area contributed by atoms with Crippen molar-refractivity contribution in [3.63, 3.8) is 0 Å². The van der Waals surface area contributed by atoms with Crippen LogP contribution in [0.5, 0.6) is 0 Å². The molecule has 2 aromatic rings. The highest BCUT2D eigenvalue weighted by Gasteiger charge is 2.21. The van der Waals surface area contributed by atoms with E-state index in [1.165, 1.54) is 17.7 Å². The smallest absolute Gasteiger partial charge is 0.270 e. The van der Waals surface area contributed by atoms with Gasteiger partial charge in [0.1, 0.15) is 0 Å². The van der Waals surface area contributed by atoms with Gasteiger partial charge >= 0.3 is 0 Å². The predicted octanol–water partition coefficient (Wildman–Crippen LogP) is 3.46. The maximum atomic E-state index is 12.7. The van der Waals surface area contributed by atoms with E-state index in [0.29, 0.717) is 18.7 Å². The minimum absolute atomic E-state index is 0.0525. The Hall–Kier alpha value is -2.99. The number of benzene rings is 2. The molecule has 0 saturated carbocycles. The fourth-order valence-corrected chi connectivity index (χ4v) is 3.19. The summed E-state index contributed by atoms with van der Waals surface area (Å²) < 4.78 is 0. The molecule has 1 aliphatic heterocycles. The Labute approximate surface area is 158 Å². The van der Waals surface area contributed by atoms with Gasteiger partial charge in [0.2, 0.25) is 0 Å². The maximum absolute atomic E-state index is 12.7. The molecule has 1 saturated heterocycles. The van der Waals surface area contributed by atoms with Crippen molar-refractivity contribution in [1.82, 2.24) is 9.80 Å². The summed E-state index contributed by atoms with van der Waals surface area (Å²) in [4.78, 5) is 27.3. The number of hydrogen-bond acceptors (Lipinski definition) is 4. The third kappa shape index (κ3) is 5.24. The molecular formula is C21H23N3O3. The molecule has 0 atom stereocenters. The molecule has 2 aromatic carbocycles. The minimum atomic E-state index is -0.472. The van der Waals surface area contributed by atoms with Crippen LogP contribution in [-0.2, 0) is 0 Å². The molecule has 0 spiro atoms. The van der Waals surface area contributed by atoms with Gasteiger partial charge in [-0.25, -0.2) is 0 Å². The number of hydrogen-bond donors (Lipinski definition) is 0. The van der Waals surface area contributed by atoms with Crippen molar-refractivity contribution < 1.29 is 9.72 Å². The van der Waals surface area contributed by atoms with Gasteiger partial charge in [0.05, 0.1) is 4.92 Å². The first-order valence-corrected chi connectivity index (χ1v) is 9.11. The van der Waals surface area contributed by atoms with Crippen molar-refractivity contribution in [2.45, 2.75) is 6.42 Å². The van der Waals surface area contributed by atoms with Crippen LogP contribution in [0.1, 0.15) is 22.3 Å². The van der Waals surface area contributed by atoms with Crippen LogP contribution >= 0.6 is 0 Å². The topological polar surface area (TPSA) is 66.7 Å². The Balaban J connectivity index is 1.56. The molecule has 0 N–H and O–H groups in total. The Bertz CT molecular complexity index is 820. The first kappa shape index (κ1) is 18.8. The van der Waals surface area contributed by atoms with E-state index in [-0.39, 0.29) is 11.6 Å². The fourth-order valence-electron chi connectivity index (χ4n) is 3.19. The SMILES string of the molecule is O=C(c1cccc([N+](=O)[O-])c1)N1CCCN(CC=Cc2ccccc2)CC1. The third-order valence-electron chi connectivity index (χ3n) is 4.65. The van der Waals surface area contributed by atoms with E-state index < -0.39 is 4.92 Å². The quantitative estimate of drug-likeness (QED) is 0.601. The maximum Gasteiger partial charge on any atom is 0.270 e. The van der Waals surface area contributed by atoms with Gasteiger partial charge in [-0.3, -0.25) is 19.8 Å². The van der Waals surface area contributed by atoms with E-state index in [1.807, 2.05) is 18.2 Å². The zero-order valence-electron chi connectivity index (χ0n) is 15.2. The van der Waals surface area contributed by atoms with Crippen LogP contribution in [-0.4, -0.2) is 53.4 Å². The van der Waals surface area contributed by atoms with Crippen LogP contribution in [0.2, 0.25) is 0 Å². The van der Waals surface area contributed by atoms with Crippen molar-refractivity contribution in [2.75, 3.05) is 32.7 Å². The predicted molar refractivity (Wildman–Crippen MR) is 106 cm³/mol. The molecule has 1 aliphatic rings. The molecule has 6 nitrogen and oxygen atoms in total. The molecular weight excluding hydrogens is 342 g/mol. The average molecular weight is 365 g/mol. The van der Waals surface area contributed by atoms with Gasteiger partial charge in [-0.2, -0.15) is 0 Å². The number of rotatable bonds is 5. The number of carbonyl (C=O) groups is 1. The van der Waals surface area contributed by atoms with Gasteiger partial charge in [-0.1, -0.05) is 48.6 Å². The van der Waals surface area contributed by atoms with Crippen LogP contribution in [0.25, 0.3) is 6.08 Å². The molecule has 0 bridgehead atoms. The van der Waals surface area contributed by atoms with E-state index in [0.717, 1.165) is 26.1 Å². The van der Waals surface area contributed by atoms with E-state index in [4.69, 9.17) is 0 Å². The molecule has 140 valence electrons. The molecule has 3 rings (SSSR count). The molecule has 1 heterocycles. The van der Waals surface area contributed by atoms with Crippen LogP contribution < -0.4 is 0 Å². The van der Waals surface area contributed by atoms with Crippen molar-refractivity contribution >= 4 is 17.7 Å². The summed E-state index contributed by atoms with van der Waals surface area (Å²) >= 11 is 0. The normalized spacial score (nSPS) is 15.6. The summed E-state index contributed by atoms with van der Waals surface area (Å²) in [5.41, 5.74) is 1.50. The number of nitro groups is 1. The zero-order chi connectivity index (χ0) is 19.1. The van der Waals surface area contributed by atoms with Crippen LogP contribution in [0.4, 0.5) is 5.69 Å². The number of nitro benzene ring substituents is 1. The molecule has 0 radical (unpaired) electrons. The van der Waals surface area contributed by atoms with Gasteiger partial charge < -0.3 is 4.90 Å². The molecule has 6 heteroatoms. The van der Waals surface area contributed by atoms with E-state index in [9.17, 15) is 14.9 Å². The molecule has 27 heavy (non-hydrogen) atoms. The average Bonchev–Trinajstić information content (AvgIpc) is 2.94. The summed E-state index contributed by atoms with van der Waals surface area (Å²) in [7, 11) is 0. The van der Waals surface area contributed by atoms with Gasteiger partial charge in [0, 0.05) is 50.4 Å². The molecule has 0 unspecified atom stereocenters. The van der Waals surface area contributed by atoms with Crippen LogP contribution in [0.15, 0.2) is 60.7 Å². The summed E-state index contributed by atoms with van der Waals surface area (Å²) in [5.74, 6) is -0.139. The van der Waals surface area contributed by atoms with E-state index in [1.54, 1.807) is 17.0 Å². The first-order valence-electron chi connectivity index (χ1n) is 9.11. The molecule has 0 aliphatic carbocycles. The minimum Gasteiger partial charge on any atom is -0.337 e. The second-order valence-corrected chi connectivity index (χ2v) is 6.57. The highest BCUT2D eigenvalue weighted by Crippen LogP contribution is 2.16. The van der Waals surface area contributed by atoms with Gasteiger partial charge in [-0.15, -0.1) is 0 Å². The Morgan fingerprint density at radius 2 is 1.85 bits per heavy atom. The lowest BCUT2D eigenvalue weighted by molar-refractivity contribution is -0.384. The molecule has 1 fully saturated rings. The standard InChI is InChI=1S/C21H23N3O3/c25-21(19-10-4-11-20(17-19)24(26)27)23-14-6-13-22(15-16-23)12-5-9-18-7-2-1-3-8-18/h1-5,7-11,17H,6,12-16H2. The molecule has 1 amide bonds. The summed E-state index contributed by atoms with van der Waals surface area (Å²) in [6.45, 7) is 3.85. The first-order chi connectivity index (χ1) is 13.1. The van der Waals surface area contributed by atoms with E-state index in [2.05, 4.69) is 29.2 Å². The zero-order valence-corrected chi connectivity index (χ0v) is 15.2. The monoisotopic (exact) mass is 365 g/mol. The fraction of sp³-hybridized carbons (Fsp3) is 0.286. The third-order valence-corrected chi connectivity index (χ3v) is 4.65. The van der Waals surface area contributed by atoms with Crippen molar-refractivity contribution in [3.8, 4) is 0 Å². The summed E-state index contributed by atoms with van der Waals surface area (Å²) in [6.07, 6.45) is 5.14. The number of carbonyl (C=O) groups excluding carboxylic acids is 1. The second-order valence-electron chi connectivity index (χ2n) is 6.57. The van der Waals surface area contributed by atoms with Crippen molar-refractivity contribution in [1.29, 1.82) is 0 Å². The lowest BCUT2D eigenvalue weighted by atomic mass is 10.1. The van der Waals surface area contributed by atoms with Crippen molar-refractivity contribution in [2.24, 2.45) is 0 Å². The van der Waals surface area contributed by atoms with Gasteiger partial charge in [-0.05, 0) is 18.1 Å². The summed E-state index contributed by atoms with van der Waals surface area (Å²) in [5, 5.41) is 10.9. The Morgan fingerprint density at radius 3 is 2.63 bits per heavy atom.